The summed E-state index contributed by atoms with van der Waals surface area (Å²) in [6.45, 7) is 2.27. The maximum absolute atomic E-state index is 5.79. The number of halogens is 2. The Morgan fingerprint density at radius 2 is 2.08 bits per heavy atom. The number of aliphatic imine (C=N–C) groups is 1. The highest BCUT2D eigenvalue weighted by Gasteiger charge is 2.11. The van der Waals surface area contributed by atoms with Crippen molar-refractivity contribution < 1.29 is 4.74 Å². The molecule has 3 rings (SSSR count). The molecule has 0 bridgehead atoms. The molecule has 0 amide bonds. The number of aromatic nitrogens is 1. The number of rotatable bonds is 5. The van der Waals surface area contributed by atoms with Crippen LogP contribution in [0.25, 0.3) is 0 Å². The largest absolute Gasteiger partial charge is 0.493 e. The lowest BCUT2D eigenvalue weighted by molar-refractivity contribution is 0.357. The zero-order chi connectivity index (χ0) is 16.8. The van der Waals surface area contributed by atoms with Gasteiger partial charge in [0, 0.05) is 32.8 Å². The van der Waals surface area contributed by atoms with E-state index in [0.29, 0.717) is 11.7 Å². The molecule has 7 heteroatoms. The molecule has 1 aromatic carbocycles. The molecule has 2 heterocycles. The van der Waals surface area contributed by atoms with Crippen molar-refractivity contribution in [1.29, 1.82) is 0 Å². The molecule has 0 saturated heterocycles. The highest BCUT2D eigenvalue weighted by molar-refractivity contribution is 14.0. The van der Waals surface area contributed by atoms with Gasteiger partial charge in [-0.25, -0.2) is 4.98 Å². The van der Waals surface area contributed by atoms with Crippen LogP contribution < -0.4 is 15.4 Å². The normalized spacial score (nSPS) is 12.8. The molecule has 1 aromatic heterocycles. The van der Waals surface area contributed by atoms with Crippen LogP contribution >= 0.6 is 35.6 Å². The number of hydrogen-bond acceptors (Lipinski definition) is 3. The number of nitrogens with zero attached hydrogens (tertiary/aromatic N) is 2. The number of hydrogen-bond donors (Lipinski definition) is 2. The van der Waals surface area contributed by atoms with E-state index in [1.807, 2.05) is 6.07 Å². The van der Waals surface area contributed by atoms with E-state index in [2.05, 4.69) is 38.8 Å². The van der Waals surface area contributed by atoms with Crippen molar-refractivity contribution in [3.05, 3.63) is 58.4 Å². The van der Waals surface area contributed by atoms with Gasteiger partial charge in [-0.15, -0.1) is 24.0 Å². The highest BCUT2D eigenvalue weighted by Crippen LogP contribution is 2.25. The van der Waals surface area contributed by atoms with Crippen LogP contribution in [0.1, 0.15) is 16.7 Å². The fraction of sp³-hybridized carbons (Fsp3) is 0.333. The lowest BCUT2D eigenvalue weighted by Gasteiger charge is -2.12. The number of nitrogens with one attached hydrogen (secondary N) is 2. The predicted molar refractivity (Wildman–Crippen MR) is 112 cm³/mol. The zero-order valence-electron chi connectivity index (χ0n) is 14.1. The third-order valence-corrected chi connectivity index (χ3v) is 4.16. The monoisotopic (exact) mass is 472 g/mol. The Balaban J connectivity index is 0.00000225. The minimum absolute atomic E-state index is 0. The average molecular weight is 473 g/mol. The molecule has 0 aliphatic carbocycles. The van der Waals surface area contributed by atoms with Gasteiger partial charge in [-0.05, 0) is 35.2 Å². The third-order valence-electron chi connectivity index (χ3n) is 3.93. The van der Waals surface area contributed by atoms with E-state index in [4.69, 9.17) is 16.3 Å². The van der Waals surface area contributed by atoms with E-state index in [9.17, 15) is 0 Å². The summed E-state index contributed by atoms with van der Waals surface area (Å²) in [4.78, 5) is 8.31. The van der Waals surface area contributed by atoms with Crippen LogP contribution in [-0.4, -0.2) is 31.1 Å². The summed E-state index contributed by atoms with van der Waals surface area (Å²) >= 11 is 5.79. The van der Waals surface area contributed by atoms with Crippen LogP contribution in [0.4, 0.5) is 0 Å². The molecular weight excluding hydrogens is 451 g/mol. The van der Waals surface area contributed by atoms with Gasteiger partial charge in [0.1, 0.15) is 10.9 Å². The molecule has 1 aliphatic heterocycles. The smallest absolute Gasteiger partial charge is 0.191 e. The summed E-state index contributed by atoms with van der Waals surface area (Å²) < 4.78 is 5.54. The van der Waals surface area contributed by atoms with Crippen molar-refractivity contribution in [1.82, 2.24) is 15.6 Å². The van der Waals surface area contributed by atoms with Crippen LogP contribution in [0.5, 0.6) is 5.75 Å². The molecule has 1 aliphatic rings. The number of fused-ring (bicyclic) bond motifs is 1. The van der Waals surface area contributed by atoms with Crippen molar-refractivity contribution in [2.45, 2.75) is 19.4 Å². The van der Waals surface area contributed by atoms with Crippen molar-refractivity contribution >= 4 is 41.5 Å². The summed E-state index contributed by atoms with van der Waals surface area (Å²) in [5.74, 6) is 1.80. The molecule has 134 valence electrons. The quantitative estimate of drug-likeness (QED) is 0.304. The Morgan fingerprint density at radius 3 is 2.84 bits per heavy atom. The Bertz CT molecular complexity index is 722. The van der Waals surface area contributed by atoms with Crippen molar-refractivity contribution in [2.75, 3.05) is 20.2 Å². The van der Waals surface area contributed by atoms with Gasteiger partial charge in [0.2, 0.25) is 0 Å². The SMILES string of the molecule is CN=C(NCCc1ccc2c(c1)CCO2)NCc1ccc(Cl)nc1.I. The van der Waals surface area contributed by atoms with E-state index in [1.165, 1.54) is 11.1 Å². The Labute approximate surface area is 170 Å². The first-order valence-electron chi connectivity index (χ1n) is 8.04. The summed E-state index contributed by atoms with van der Waals surface area (Å²) in [5.41, 5.74) is 3.68. The number of ether oxygens (including phenoxy) is 1. The van der Waals surface area contributed by atoms with Crippen molar-refractivity contribution in [2.24, 2.45) is 4.99 Å². The van der Waals surface area contributed by atoms with Gasteiger partial charge in [0.05, 0.1) is 6.61 Å². The van der Waals surface area contributed by atoms with Gasteiger partial charge in [-0.3, -0.25) is 4.99 Å². The number of pyridine rings is 1. The Kier molecular flexibility index (Phi) is 7.77. The first-order chi connectivity index (χ1) is 11.7. The second-order valence-electron chi connectivity index (χ2n) is 5.63. The lowest BCUT2D eigenvalue weighted by atomic mass is 10.1. The molecule has 0 unspecified atom stereocenters. The highest BCUT2D eigenvalue weighted by atomic mass is 127. The molecule has 0 radical (unpaired) electrons. The summed E-state index contributed by atoms with van der Waals surface area (Å²) in [5, 5.41) is 7.10. The van der Waals surface area contributed by atoms with Crippen molar-refractivity contribution in [3.63, 3.8) is 0 Å². The minimum atomic E-state index is 0. The van der Waals surface area contributed by atoms with Crippen LogP contribution in [0.3, 0.4) is 0 Å². The van der Waals surface area contributed by atoms with Crippen molar-refractivity contribution in [3.8, 4) is 5.75 Å². The Morgan fingerprint density at radius 1 is 1.24 bits per heavy atom. The molecule has 0 saturated carbocycles. The van der Waals surface area contributed by atoms with Gasteiger partial charge in [-0.1, -0.05) is 29.8 Å². The Hall–Kier alpha value is -1.54. The fourth-order valence-electron chi connectivity index (χ4n) is 2.64. The van der Waals surface area contributed by atoms with E-state index >= 15 is 0 Å². The number of benzene rings is 1. The van der Waals surface area contributed by atoms with Gasteiger partial charge in [0.25, 0.3) is 0 Å². The molecule has 2 aromatic rings. The van der Waals surface area contributed by atoms with Gasteiger partial charge < -0.3 is 15.4 Å². The third kappa shape index (κ3) is 5.74. The second-order valence-corrected chi connectivity index (χ2v) is 6.02. The molecule has 0 atom stereocenters. The molecule has 0 fully saturated rings. The second kappa shape index (κ2) is 9.82. The minimum Gasteiger partial charge on any atom is -0.493 e. The van der Waals surface area contributed by atoms with E-state index in [-0.39, 0.29) is 24.0 Å². The first kappa shape index (κ1) is 19.8. The van der Waals surface area contributed by atoms with E-state index in [0.717, 1.165) is 43.3 Å². The topological polar surface area (TPSA) is 58.5 Å². The summed E-state index contributed by atoms with van der Waals surface area (Å²) in [6, 6.07) is 10.2. The molecular formula is C18H22ClIN4O. The van der Waals surface area contributed by atoms with Crippen LogP contribution in [0, 0.1) is 0 Å². The molecule has 0 spiro atoms. The average Bonchev–Trinajstić information content (AvgIpc) is 3.07. The van der Waals surface area contributed by atoms with Crippen LogP contribution in [0.15, 0.2) is 41.5 Å². The van der Waals surface area contributed by atoms with Gasteiger partial charge >= 0.3 is 0 Å². The van der Waals surface area contributed by atoms with Crippen LogP contribution in [-0.2, 0) is 19.4 Å². The van der Waals surface area contributed by atoms with E-state index < -0.39 is 0 Å². The van der Waals surface area contributed by atoms with E-state index in [1.54, 1.807) is 19.3 Å². The predicted octanol–water partition coefficient (Wildman–Crippen LogP) is 3.20. The zero-order valence-corrected chi connectivity index (χ0v) is 17.2. The fourth-order valence-corrected chi connectivity index (χ4v) is 2.75. The summed E-state index contributed by atoms with van der Waals surface area (Å²) in [6.07, 6.45) is 3.71. The number of guanidine groups is 1. The first-order valence-corrected chi connectivity index (χ1v) is 8.42. The summed E-state index contributed by atoms with van der Waals surface area (Å²) in [7, 11) is 1.77. The lowest BCUT2D eigenvalue weighted by Crippen LogP contribution is -2.37. The molecule has 25 heavy (non-hydrogen) atoms. The molecule has 5 nitrogen and oxygen atoms in total. The van der Waals surface area contributed by atoms with Gasteiger partial charge in [0.15, 0.2) is 5.96 Å². The maximum atomic E-state index is 5.79. The molecule has 2 N–H and O–H groups in total. The maximum Gasteiger partial charge on any atom is 0.191 e. The van der Waals surface area contributed by atoms with Crippen LogP contribution in [0.2, 0.25) is 5.15 Å². The standard InChI is InChI=1S/C18H21ClN4O.HI/c1-20-18(23-12-14-3-5-17(19)22-11-14)21-8-6-13-2-4-16-15(10-13)7-9-24-16;/h2-5,10-11H,6-9,12H2,1H3,(H2,20,21,23);1H. The van der Waals surface area contributed by atoms with Gasteiger partial charge in [-0.2, -0.15) is 0 Å².